The summed E-state index contributed by atoms with van der Waals surface area (Å²) in [7, 11) is 0. The van der Waals surface area contributed by atoms with E-state index in [1.165, 1.54) is 0 Å². The molecular weight excluding hydrogens is 186 g/mol. The van der Waals surface area contributed by atoms with Crippen molar-refractivity contribution in [3.05, 3.63) is 0 Å². The van der Waals surface area contributed by atoms with E-state index in [1.807, 2.05) is 6.07 Å². The number of carbonyl (C=O) groups is 2. The summed E-state index contributed by atoms with van der Waals surface area (Å²) >= 11 is 0. The Morgan fingerprint density at radius 3 is 2.07 bits per heavy atom. The van der Waals surface area contributed by atoms with Gasteiger partial charge in [0, 0.05) is 6.42 Å². The summed E-state index contributed by atoms with van der Waals surface area (Å²) in [5, 5.41) is 26.1. The van der Waals surface area contributed by atoms with Crippen LogP contribution in [0.15, 0.2) is 0 Å². The standard InChI is InChI=1S/C9H13NO4/c1-3-6(4-5-10)9(2,7(11)12)8(13)14/h6H,3-4H2,1-2H3,(H,11,12)(H,13,14). The summed E-state index contributed by atoms with van der Waals surface area (Å²) in [6, 6.07) is 1.81. The van der Waals surface area contributed by atoms with Crippen LogP contribution in [0, 0.1) is 22.7 Å². The minimum atomic E-state index is -1.87. The molecule has 0 bridgehead atoms. The van der Waals surface area contributed by atoms with E-state index in [2.05, 4.69) is 0 Å². The Morgan fingerprint density at radius 1 is 1.43 bits per heavy atom. The molecule has 5 nitrogen and oxygen atoms in total. The first-order valence-electron chi connectivity index (χ1n) is 4.24. The highest BCUT2D eigenvalue weighted by Gasteiger charge is 2.47. The van der Waals surface area contributed by atoms with Crippen molar-refractivity contribution in [2.24, 2.45) is 11.3 Å². The van der Waals surface area contributed by atoms with E-state index < -0.39 is 23.3 Å². The lowest BCUT2D eigenvalue weighted by molar-refractivity contribution is -0.167. The van der Waals surface area contributed by atoms with Gasteiger partial charge in [0.25, 0.3) is 0 Å². The second kappa shape index (κ2) is 4.61. The molecule has 78 valence electrons. The summed E-state index contributed by atoms with van der Waals surface area (Å²) in [5.74, 6) is -3.46. The van der Waals surface area contributed by atoms with Crippen LogP contribution in [0.3, 0.4) is 0 Å². The quantitative estimate of drug-likeness (QED) is 0.646. The number of hydrogen-bond donors (Lipinski definition) is 2. The van der Waals surface area contributed by atoms with Gasteiger partial charge in [-0.05, 0) is 12.8 Å². The predicted molar refractivity (Wildman–Crippen MR) is 47.4 cm³/mol. The maximum atomic E-state index is 10.8. The Bertz CT molecular complexity index is 265. The van der Waals surface area contributed by atoms with Gasteiger partial charge in [-0.2, -0.15) is 5.26 Å². The Hall–Kier alpha value is -1.57. The molecule has 0 rings (SSSR count). The first-order valence-corrected chi connectivity index (χ1v) is 4.24. The van der Waals surface area contributed by atoms with E-state index in [0.29, 0.717) is 6.42 Å². The lowest BCUT2D eigenvalue weighted by Crippen LogP contribution is -2.42. The van der Waals surface area contributed by atoms with Crippen molar-refractivity contribution in [3.63, 3.8) is 0 Å². The topological polar surface area (TPSA) is 98.4 Å². The molecule has 0 radical (unpaired) electrons. The molecule has 0 heterocycles. The Morgan fingerprint density at radius 2 is 1.86 bits per heavy atom. The summed E-state index contributed by atoms with van der Waals surface area (Å²) in [6.45, 7) is 2.81. The van der Waals surface area contributed by atoms with Gasteiger partial charge in [-0.3, -0.25) is 9.59 Å². The Balaban J connectivity index is 5.08. The molecule has 1 atom stereocenters. The number of hydrogen-bond acceptors (Lipinski definition) is 3. The molecule has 0 aliphatic heterocycles. The third kappa shape index (κ3) is 2.02. The lowest BCUT2D eigenvalue weighted by atomic mass is 9.74. The average Bonchev–Trinajstić information content (AvgIpc) is 2.12. The summed E-state index contributed by atoms with van der Waals surface area (Å²) in [4.78, 5) is 21.7. The SMILES string of the molecule is CCC(CC#N)C(C)(C(=O)O)C(=O)O. The van der Waals surface area contributed by atoms with Crippen LogP contribution in [0.2, 0.25) is 0 Å². The zero-order valence-corrected chi connectivity index (χ0v) is 8.15. The van der Waals surface area contributed by atoms with Gasteiger partial charge in [-0.15, -0.1) is 0 Å². The molecule has 0 aromatic rings. The number of rotatable bonds is 5. The van der Waals surface area contributed by atoms with E-state index in [1.54, 1.807) is 6.92 Å². The molecule has 0 saturated carbocycles. The molecule has 0 amide bonds. The van der Waals surface area contributed by atoms with Gasteiger partial charge in [0.1, 0.15) is 0 Å². The minimum Gasteiger partial charge on any atom is -0.480 e. The third-order valence-electron chi connectivity index (χ3n) is 2.54. The van der Waals surface area contributed by atoms with E-state index in [-0.39, 0.29) is 6.42 Å². The molecular formula is C9H13NO4. The van der Waals surface area contributed by atoms with Crippen LogP contribution in [-0.2, 0) is 9.59 Å². The van der Waals surface area contributed by atoms with E-state index >= 15 is 0 Å². The minimum absolute atomic E-state index is 0.0639. The van der Waals surface area contributed by atoms with Crippen molar-refractivity contribution in [1.29, 1.82) is 5.26 Å². The number of carboxylic acid groups (broad SMARTS) is 2. The molecule has 0 spiro atoms. The van der Waals surface area contributed by atoms with Crippen molar-refractivity contribution in [2.45, 2.75) is 26.7 Å². The van der Waals surface area contributed by atoms with E-state index in [4.69, 9.17) is 15.5 Å². The van der Waals surface area contributed by atoms with Crippen molar-refractivity contribution in [3.8, 4) is 6.07 Å². The molecule has 0 fully saturated rings. The normalized spacial score (nSPS) is 12.9. The highest BCUT2D eigenvalue weighted by atomic mass is 16.4. The van der Waals surface area contributed by atoms with Crippen LogP contribution in [0.1, 0.15) is 26.7 Å². The zero-order valence-electron chi connectivity index (χ0n) is 8.15. The van der Waals surface area contributed by atoms with Crippen LogP contribution in [0.25, 0.3) is 0 Å². The van der Waals surface area contributed by atoms with Crippen LogP contribution >= 0.6 is 0 Å². The third-order valence-corrected chi connectivity index (χ3v) is 2.54. The smallest absolute Gasteiger partial charge is 0.321 e. The van der Waals surface area contributed by atoms with Gasteiger partial charge in [0.15, 0.2) is 5.41 Å². The largest absolute Gasteiger partial charge is 0.480 e. The van der Waals surface area contributed by atoms with Crippen LogP contribution < -0.4 is 0 Å². The van der Waals surface area contributed by atoms with Crippen molar-refractivity contribution in [1.82, 2.24) is 0 Å². The highest BCUT2D eigenvalue weighted by molar-refractivity contribution is 5.98. The number of nitriles is 1. The Labute approximate surface area is 82.0 Å². The molecule has 0 aromatic carbocycles. The first kappa shape index (κ1) is 12.4. The number of nitrogens with zero attached hydrogens (tertiary/aromatic N) is 1. The zero-order chi connectivity index (χ0) is 11.4. The molecule has 0 saturated heterocycles. The summed E-state index contributed by atoms with van der Waals surface area (Å²) in [6.07, 6.45) is 0.286. The average molecular weight is 199 g/mol. The van der Waals surface area contributed by atoms with Crippen molar-refractivity contribution < 1.29 is 19.8 Å². The molecule has 0 aliphatic rings. The fraction of sp³-hybridized carbons (Fsp3) is 0.667. The van der Waals surface area contributed by atoms with Gasteiger partial charge in [-0.1, -0.05) is 13.3 Å². The van der Waals surface area contributed by atoms with Gasteiger partial charge in [0.05, 0.1) is 6.07 Å². The summed E-state index contributed by atoms with van der Waals surface area (Å²) in [5.41, 5.74) is -1.87. The van der Waals surface area contributed by atoms with Gasteiger partial charge < -0.3 is 10.2 Å². The van der Waals surface area contributed by atoms with Crippen LogP contribution in [0.5, 0.6) is 0 Å². The first-order chi connectivity index (χ1) is 6.41. The molecule has 1 unspecified atom stereocenters. The molecule has 5 heteroatoms. The predicted octanol–water partition coefficient (Wildman–Crippen LogP) is 1.10. The van der Waals surface area contributed by atoms with Crippen LogP contribution in [-0.4, -0.2) is 22.2 Å². The molecule has 0 aliphatic carbocycles. The molecule has 14 heavy (non-hydrogen) atoms. The number of aliphatic carboxylic acids is 2. The van der Waals surface area contributed by atoms with E-state index in [9.17, 15) is 9.59 Å². The van der Waals surface area contributed by atoms with E-state index in [0.717, 1.165) is 6.92 Å². The second-order valence-corrected chi connectivity index (χ2v) is 3.28. The fourth-order valence-electron chi connectivity index (χ4n) is 1.31. The second-order valence-electron chi connectivity index (χ2n) is 3.28. The highest BCUT2D eigenvalue weighted by Crippen LogP contribution is 2.33. The van der Waals surface area contributed by atoms with Crippen molar-refractivity contribution >= 4 is 11.9 Å². The number of carboxylic acids is 2. The summed E-state index contributed by atoms with van der Waals surface area (Å²) < 4.78 is 0. The van der Waals surface area contributed by atoms with Crippen molar-refractivity contribution in [2.75, 3.05) is 0 Å². The van der Waals surface area contributed by atoms with Gasteiger partial charge in [0.2, 0.25) is 0 Å². The maximum Gasteiger partial charge on any atom is 0.321 e. The fourth-order valence-corrected chi connectivity index (χ4v) is 1.31. The molecule has 2 N–H and O–H groups in total. The lowest BCUT2D eigenvalue weighted by Gasteiger charge is -2.27. The van der Waals surface area contributed by atoms with Gasteiger partial charge >= 0.3 is 11.9 Å². The maximum absolute atomic E-state index is 10.8. The van der Waals surface area contributed by atoms with Gasteiger partial charge in [-0.25, -0.2) is 0 Å². The Kier molecular flexibility index (Phi) is 4.09. The molecule has 0 aromatic heterocycles. The monoisotopic (exact) mass is 199 g/mol. The van der Waals surface area contributed by atoms with Crippen LogP contribution in [0.4, 0.5) is 0 Å².